The molecule has 2 rings (SSSR count). The number of benzene rings is 1. The van der Waals surface area contributed by atoms with Crippen molar-refractivity contribution in [3.05, 3.63) is 47.0 Å². The van der Waals surface area contributed by atoms with Gasteiger partial charge in [0.25, 0.3) is 0 Å². The molecule has 0 heterocycles. The molecule has 1 aromatic rings. The SMILES string of the molecule is Cc1cccc(C(NN)/C2=C/CCCCCC2)c1. The highest BCUT2D eigenvalue weighted by atomic mass is 15.2. The van der Waals surface area contributed by atoms with Gasteiger partial charge in [-0.25, -0.2) is 5.43 Å². The number of hydrogen-bond donors (Lipinski definition) is 2. The first-order valence-corrected chi connectivity index (χ1v) is 7.03. The van der Waals surface area contributed by atoms with Gasteiger partial charge in [0.2, 0.25) is 0 Å². The number of aryl methyl sites for hydroxylation is 1. The van der Waals surface area contributed by atoms with Crippen LogP contribution >= 0.6 is 0 Å². The molecule has 2 nitrogen and oxygen atoms in total. The fraction of sp³-hybridized carbons (Fsp3) is 0.500. The van der Waals surface area contributed by atoms with Gasteiger partial charge < -0.3 is 0 Å². The Morgan fingerprint density at radius 1 is 1.17 bits per heavy atom. The largest absolute Gasteiger partial charge is 0.271 e. The monoisotopic (exact) mass is 244 g/mol. The molecule has 0 spiro atoms. The molecule has 0 saturated carbocycles. The van der Waals surface area contributed by atoms with Crippen molar-refractivity contribution in [2.24, 2.45) is 5.84 Å². The molecule has 98 valence electrons. The molecule has 3 N–H and O–H groups in total. The summed E-state index contributed by atoms with van der Waals surface area (Å²) < 4.78 is 0. The Balaban J connectivity index is 2.21. The highest BCUT2D eigenvalue weighted by molar-refractivity contribution is 5.31. The topological polar surface area (TPSA) is 38.0 Å². The maximum Gasteiger partial charge on any atom is 0.0670 e. The Hall–Kier alpha value is -1.12. The molecule has 0 bridgehead atoms. The smallest absolute Gasteiger partial charge is 0.0670 e. The fourth-order valence-corrected chi connectivity index (χ4v) is 2.75. The third kappa shape index (κ3) is 3.44. The van der Waals surface area contributed by atoms with Crippen LogP contribution in [0, 0.1) is 6.92 Å². The molecule has 0 amide bonds. The van der Waals surface area contributed by atoms with E-state index in [1.807, 2.05) is 0 Å². The average molecular weight is 244 g/mol. The van der Waals surface area contributed by atoms with Crippen molar-refractivity contribution in [1.82, 2.24) is 5.43 Å². The molecule has 1 atom stereocenters. The van der Waals surface area contributed by atoms with Gasteiger partial charge in [-0.2, -0.15) is 0 Å². The van der Waals surface area contributed by atoms with E-state index in [1.54, 1.807) is 0 Å². The average Bonchev–Trinajstić information content (AvgIpc) is 2.32. The molecule has 18 heavy (non-hydrogen) atoms. The fourth-order valence-electron chi connectivity index (χ4n) is 2.75. The molecule has 0 aliphatic heterocycles. The molecule has 1 aliphatic rings. The van der Waals surface area contributed by atoms with Gasteiger partial charge in [-0.05, 0) is 38.2 Å². The Labute approximate surface area is 110 Å². The highest BCUT2D eigenvalue weighted by Crippen LogP contribution is 2.28. The summed E-state index contributed by atoms with van der Waals surface area (Å²) in [5.74, 6) is 5.78. The second-order valence-corrected chi connectivity index (χ2v) is 5.25. The summed E-state index contributed by atoms with van der Waals surface area (Å²) in [6.45, 7) is 2.13. The Kier molecular flexibility index (Phi) is 4.97. The minimum Gasteiger partial charge on any atom is -0.271 e. The number of hydrazine groups is 1. The lowest BCUT2D eigenvalue weighted by molar-refractivity contribution is 0.555. The van der Waals surface area contributed by atoms with E-state index in [4.69, 9.17) is 5.84 Å². The van der Waals surface area contributed by atoms with Gasteiger partial charge in [0.05, 0.1) is 6.04 Å². The standard InChI is InChI=1S/C16H24N2/c1-13-8-7-11-15(12-13)16(18-17)14-9-5-3-2-4-6-10-14/h7-9,11-12,16,18H,2-6,10,17H2,1H3/b14-9+. The van der Waals surface area contributed by atoms with Crippen LogP contribution in [0.15, 0.2) is 35.9 Å². The molecule has 1 unspecified atom stereocenters. The van der Waals surface area contributed by atoms with Crippen LogP contribution in [-0.4, -0.2) is 0 Å². The van der Waals surface area contributed by atoms with Crippen molar-refractivity contribution in [3.8, 4) is 0 Å². The minimum atomic E-state index is 0.183. The summed E-state index contributed by atoms with van der Waals surface area (Å²) in [5.41, 5.74) is 7.03. The van der Waals surface area contributed by atoms with E-state index >= 15 is 0 Å². The molecule has 1 aliphatic carbocycles. The number of nitrogens with one attached hydrogen (secondary N) is 1. The van der Waals surface area contributed by atoms with E-state index in [0.717, 1.165) is 0 Å². The molecule has 0 radical (unpaired) electrons. The lowest BCUT2D eigenvalue weighted by Crippen LogP contribution is -2.29. The van der Waals surface area contributed by atoms with Crippen molar-refractivity contribution in [1.29, 1.82) is 0 Å². The van der Waals surface area contributed by atoms with E-state index in [0.29, 0.717) is 0 Å². The van der Waals surface area contributed by atoms with Crippen LogP contribution in [0.1, 0.15) is 55.7 Å². The molecule has 2 heteroatoms. The number of rotatable bonds is 3. The molecule has 1 aromatic carbocycles. The third-order valence-electron chi connectivity index (χ3n) is 3.74. The van der Waals surface area contributed by atoms with Crippen LogP contribution in [0.3, 0.4) is 0 Å². The molecule has 0 aromatic heterocycles. The van der Waals surface area contributed by atoms with Gasteiger partial charge >= 0.3 is 0 Å². The van der Waals surface area contributed by atoms with Gasteiger partial charge in [0.1, 0.15) is 0 Å². The number of hydrogen-bond acceptors (Lipinski definition) is 2. The molecule has 0 saturated heterocycles. The summed E-state index contributed by atoms with van der Waals surface area (Å²) in [6, 6.07) is 8.81. The van der Waals surface area contributed by atoms with Gasteiger partial charge in [-0.3, -0.25) is 5.84 Å². The molecule has 0 fully saturated rings. The predicted molar refractivity (Wildman–Crippen MR) is 77.0 cm³/mol. The van der Waals surface area contributed by atoms with Crippen molar-refractivity contribution < 1.29 is 0 Å². The number of nitrogens with two attached hydrogens (primary N) is 1. The third-order valence-corrected chi connectivity index (χ3v) is 3.74. The Bertz CT molecular complexity index is 409. The second-order valence-electron chi connectivity index (χ2n) is 5.25. The Morgan fingerprint density at radius 2 is 2.00 bits per heavy atom. The zero-order valence-corrected chi connectivity index (χ0v) is 11.3. The summed E-state index contributed by atoms with van der Waals surface area (Å²) >= 11 is 0. The zero-order chi connectivity index (χ0) is 12.8. The van der Waals surface area contributed by atoms with Crippen LogP contribution in [-0.2, 0) is 0 Å². The molecular weight excluding hydrogens is 220 g/mol. The van der Waals surface area contributed by atoms with E-state index < -0.39 is 0 Å². The maximum atomic E-state index is 5.78. The van der Waals surface area contributed by atoms with Gasteiger partial charge in [0, 0.05) is 0 Å². The van der Waals surface area contributed by atoms with E-state index in [-0.39, 0.29) is 6.04 Å². The summed E-state index contributed by atoms with van der Waals surface area (Å²) in [6.07, 6.45) is 10.1. The van der Waals surface area contributed by atoms with Crippen LogP contribution < -0.4 is 11.3 Å². The minimum absolute atomic E-state index is 0.183. The maximum absolute atomic E-state index is 5.78. The summed E-state index contributed by atoms with van der Waals surface area (Å²) in [4.78, 5) is 0. The first-order chi connectivity index (χ1) is 8.81. The highest BCUT2D eigenvalue weighted by Gasteiger charge is 2.15. The quantitative estimate of drug-likeness (QED) is 0.482. The lowest BCUT2D eigenvalue weighted by atomic mass is 9.91. The zero-order valence-electron chi connectivity index (χ0n) is 11.3. The number of allylic oxidation sites excluding steroid dienone is 1. The van der Waals surface area contributed by atoms with Crippen LogP contribution in [0.5, 0.6) is 0 Å². The van der Waals surface area contributed by atoms with Gasteiger partial charge in [-0.15, -0.1) is 0 Å². The van der Waals surface area contributed by atoms with Crippen molar-refractivity contribution >= 4 is 0 Å². The van der Waals surface area contributed by atoms with Gasteiger partial charge in [-0.1, -0.05) is 54.3 Å². The van der Waals surface area contributed by atoms with Crippen LogP contribution in [0.2, 0.25) is 0 Å². The normalized spacial score (nSPS) is 21.6. The Morgan fingerprint density at radius 3 is 2.78 bits per heavy atom. The first-order valence-electron chi connectivity index (χ1n) is 7.03. The van der Waals surface area contributed by atoms with Crippen molar-refractivity contribution in [2.75, 3.05) is 0 Å². The molecular formula is C16H24N2. The van der Waals surface area contributed by atoms with E-state index in [9.17, 15) is 0 Å². The summed E-state index contributed by atoms with van der Waals surface area (Å²) in [7, 11) is 0. The van der Waals surface area contributed by atoms with Gasteiger partial charge in [0.15, 0.2) is 0 Å². The second kappa shape index (κ2) is 6.72. The first kappa shape index (κ1) is 13.3. The lowest BCUT2D eigenvalue weighted by Gasteiger charge is -2.22. The van der Waals surface area contributed by atoms with Crippen molar-refractivity contribution in [2.45, 2.75) is 51.5 Å². The van der Waals surface area contributed by atoms with E-state index in [2.05, 4.69) is 42.7 Å². The van der Waals surface area contributed by atoms with Crippen molar-refractivity contribution in [3.63, 3.8) is 0 Å². The van der Waals surface area contributed by atoms with E-state index in [1.165, 1.54) is 55.2 Å². The predicted octanol–water partition coefficient (Wildman–Crippen LogP) is 3.78. The van der Waals surface area contributed by atoms with Crippen LogP contribution in [0.25, 0.3) is 0 Å². The van der Waals surface area contributed by atoms with Crippen LogP contribution in [0.4, 0.5) is 0 Å². The summed E-state index contributed by atoms with van der Waals surface area (Å²) in [5, 5.41) is 0.